The summed E-state index contributed by atoms with van der Waals surface area (Å²) in [5, 5.41) is 18.3. The third-order valence-corrected chi connectivity index (χ3v) is 6.54. The number of hydrogen-bond acceptors (Lipinski definition) is 5. The summed E-state index contributed by atoms with van der Waals surface area (Å²) in [7, 11) is 3.19. The summed E-state index contributed by atoms with van der Waals surface area (Å²) in [6.07, 6.45) is 4.06. The fourth-order valence-corrected chi connectivity index (χ4v) is 4.77. The second-order valence-corrected chi connectivity index (χ2v) is 8.70. The molecule has 37 heavy (non-hydrogen) atoms. The Morgan fingerprint density at radius 2 is 1.81 bits per heavy atom. The van der Waals surface area contributed by atoms with Gasteiger partial charge in [-0.3, -0.25) is 0 Å². The molecule has 0 fully saturated rings. The Kier molecular flexibility index (Phi) is 9.12. The summed E-state index contributed by atoms with van der Waals surface area (Å²) in [6, 6.07) is 19.7. The number of hydrogen-bond donors (Lipinski definition) is 1. The average molecular weight is 547 g/mol. The van der Waals surface area contributed by atoms with Gasteiger partial charge in [0.1, 0.15) is 17.3 Å². The Balaban J connectivity index is 0.00000380. The zero-order valence-corrected chi connectivity index (χ0v) is 22.3. The Morgan fingerprint density at radius 3 is 2.49 bits per heavy atom. The molecule has 8 heteroatoms. The minimum atomic E-state index is -0.498. The van der Waals surface area contributed by atoms with Crippen molar-refractivity contribution >= 4 is 17.8 Å². The number of halogens is 1. The standard InChI is InChI=1S/C29H30FN3O3.Co/c1-5-33-25-14-13-23(35-3)18-24(25)29(2,19-21-11-12-22(30)17-26(21)36-4)27(33)15-16-31-32-28(34)20-9-7-6-8-10-20;/h6-18H,5,19H2,1-4H3,(H,32,34);/b27-15-,31-16+;. The second-order valence-electron chi connectivity index (χ2n) is 8.70. The molecule has 0 spiro atoms. The van der Waals surface area contributed by atoms with E-state index in [1.807, 2.05) is 36.4 Å². The molecule has 0 saturated heterocycles. The zero-order valence-electron chi connectivity index (χ0n) is 21.2. The van der Waals surface area contributed by atoms with E-state index < -0.39 is 5.41 Å². The predicted octanol–water partition coefficient (Wildman–Crippen LogP) is 6.06. The summed E-state index contributed by atoms with van der Waals surface area (Å²) in [6.45, 7) is 4.96. The molecule has 3 aromatic rings. The number of fused-ring (bicyclic) bond motifs is 1. The maximum absolute atomic E-state index is 13.9. The van der Waals surface area contributed by atoms with Crippen LogP contribution in [0.5, 0.6) is 11.5 Å². The zero-order chi connectivity index (χ0) is 25.7. The van der Waals surface area contributed by atoms with Gasteiger partial charge in [-0.05, 0) is 73.9 Å². The Morgan fingerprint density at radius 1 is 1.05 bits per heavy atom. The maximum Gasteiger partial charge on any atom is 0.238 e. The first kappa shape index (κ1) is 28.0. The molecule has 195 valence electrons. The molecule has 6 nitrogen and oxygen atoms in total. The first-order chi connectivity index (χ1) is 17.4. The van der Waals surface area contributed by atoms with Gasteiger partial charge in [0, 0.05) is 51.8 Å². The van der Waals surface area contributed by atoms with E-state index in [4.69, 9.17) is 9.47 Å². The predicted molar refractivity (Wildman–Crippen MR) is 142 cm³/mol. The molecule has 1 radical (unpaired) electrons. The van der Waals surface area contributed by atoms with E-state index in [1.165, 1.54) is 12.1 Å². The number of aliphatic hydroxyl groups is 1. The van der Waals surface area contributed by atoms with Crippen molar-refractivity contribution in [1.82, 2.24) is 0 Å². The van der Waals surface area contributed by atoms with Gasteiger partial charge < -0.3 is 19.5 Å². The molecule has 1 atom stereocenters. The van der Waals surface area contributed by atoms with E-state index in [0.717, 1.165) is 34.8 Å². The quantitative estimate of drug-likeness (QED) is 0.212. The van der Waals surface area contributed by atoms with E-state index >= 15 is 0 Å². The molecule has 1 N–H and O–H groups in total. The third kappa shape index (κ3) is 5.70. The van der Waals surface area contributed by atoms with Gasteiger partial charge in [0.15, 0.2) is 0 Å². The van der Waals surface area contributed by atoms with Crippen molar-refractivity contribution in [2.75, 3.05) is 25.7 Å². The molecule has 1 aliphatic heterocycles. The van der Waals surface area contributed by atoms with Crippen LogP contribution in [-0.4, -0.2) is 38.0 Å². The summed E-state index contributed by atoms with van der Waals surface area (Å²) < 4.78 is 24.9. The van der Waals surface area contributed by atoms with Crippen LogP contribution in [-0.2, 0) is 28.6 Å². The van der Waals surface area contributed by atoms with E-state index in [1.54, 1.807) is 38.6 Å². The number of allylic oxidation sites excluding steroid dienone is 2. The van der Waals surface area contributed by atoms with Crippen LogP contribution in [0.25, 0.3) is 0 Å². The number of aliphatic hydroxyl groups excluding tert-OH is 1. The smallest absolute Gasteiger partial charge is 0.238 e. The number of anilines is 1. The van der Waals surface area contributed by atoms with Crippen LogP contribution >= 0.6 is 0 Å². The molecule has 4 rings (SSSR count). The molecular formula is C29H30CoFN3O3. The second kappa shape index (κ2) is 12.1. The maximum atomic E-state index is 13.9. The monoisotopic (exact) mass is 546 g/mol. The first-order valence-corrected chi connectivity index (χ1v) is 11.8. The van der Waals surface area contributed by atoms with Crippen LogP contribution in [0.4, 0.5) is 10.1 Å². The fourth-order valence-electron chi connectivity index (χ4n) is 4.77. The van der Waals surface area contributed by atoms with Crippen molar-refractivity contribution in [3.63, 3.8) is 0 Å². The minimum Gasteiger partial charge on any atom is -0.497 e. The van der Waals surface area contributed by atoms with Crippen molar-refractivity contribution in [2.24, 2.45) is 10.2 Å². The first-order valence-electron chi connectivity index (χ1n) is 11.8. The topological polar surface area (TPSA) is 66.7 Å². The largest absolute Gasteiger partial charge is 0.497 e. The third-order valence-electron chi connectivity index (χ3n) is 6.54. The van der Waals surface area contributed by atoms with Crippen LogP contribution in [0, 0.1) is 5.82 Å². The van der Waals surface area contributed by atoms with Crippen molar-refractivity contribution < 1.29 is 35.7 Å². The van der Waals surface area contributed by atoms with Crippen molar-refractivity contribution in [3.8, 4) is 11.5 Å². The van der Waals surface area contributed by atoms with E-state index in [2.05, 4.69) is 35.0 Å². The minimum absolute atomic E-state index is 0. The Hall–Kier alpha value is -3.62. The van der Waals surface area contributed by atoms with Gasteiger partial charge in [0.25, 0.3) is 0 Å². The molecule has 1 heterocycles. The van der Waals surface area contributed by atoms with E-state index in [0.29, 0.717) is 17.7 Å². The van der Waals surface area contributed by atoms with Gasteiger partial charge in [-0.2, -0.15) is 5.10 Å². The van der Waals surface area contributed by atoms with Crippen LogP contribution in [0.1, 0.15) is 30.5 Å². The molecule has 0 aliphatic carbocycles. The number of methoxy groups -OCH3 is 2. The molecule has 0 bridgehead atoms. The van der Waals surface area contributed by atoms with Crippen molar-refractivity contribution in [2.45, 2.75) is 25.7 Å². The normalized spacial score (nSPS) is 18.1. The Labute approximate surface area is 227 Å². The summed E-state index contributed by atoms with van der Waals surface area (Å²) in [4.78, 5) is 2.22. The van der Waals surface area contributed by atoms with Crippen LogP contribution in [0.2, 0.25) is 0 Å². The number of nitrogens with zero attached hydrogens (tertiary/aromatic N) is 3. The van der Waals surface area contributed by atoms with Gasteiger partial charge in [-0.15, -0.1) is 5.10 Å². The fraction of sp³-hybridized carbons (Fsp3) is 0.241. The van der Waals surface area contributed by atoms with Crippen LogP contribution in [0.3, 0.4) is 0 Å². The average Bonchev–Trinajstić information content (AvgIpc) is 3.14. The molecule has 1 unspecified atom stereocenters. The van der Waals surface area contributed by atoms with Gasteiger partial charge in [0.2, 0.25) is 5.90 Å². The van der Waals surface area contributed by atoms with Crippen molar-refractivity contribution in [3.05, 3.63) is 101 Å². The van der Waals surface area contributed by atoms with Gasteiger partial charge in [-0.25, -0.2) is 4.39 Å². The van der Waals surface area contributed by atoms with Gasteiger partial charge >= 0.3 is 0 Å². The number of ether oxygens (including phenoxy) is 2. The molecular weight excluding hydrogens is 516 g/mol. The molecule has 3 aromatic carbocycles. The molecule has 0 saturated carbocycles. The molecule has 0 aromatic heterocycles. The number of benzene rings is 3. The van der Waals surface area contributed by atoms with E-state index in [9.17, 15) is 9.50 Å². The van der Waals surface area contributed by atoms with Crippen LogP contribution in [0.15, 0.2) is 88.7 Å². The number of likely N-dealkylation sites (N-methyl/N-ethyl adjacent to an activating group) is 1. The van der Waals surface area contributed by atoms with Gasteiger partial charge in [-0.1, -0.05) is 24.3 Å². The summed E-state index contributed by atoms with van der Waals surface area (Å²) in [5.74, 6) is 0.759. The SMILES string of the molecule is CCN1\C(=C/C=N/N=C(\O)c2ccccc2)C(C)(Cc2ccc(F)cc2OC)c2cc(OC)ccc21.[Co]. The Bertz CT molecular complexity index is 1330. The summed E-state index contributed by atoms with van der Waals surface area (Å²) in [5.41, 5.74) is 4.13. The summed E-state index contributed by atoms with van der Waals surface area (Å²) >= 11 is 0. The molecule has 0 amide bonds. The van der Waals surface area contributed by atoms with Gasteiger partial charge in [0.05, 0.1) is 20.4 Å². The van der Waals surface area contributed by atoms with Crippen molar-refractivity contribution in [1.29, 1.82) is 0 Å². The number of rotatable bonds is 8. The van der Waals surface area contributed by atoms with E-state index in [-0.39, 0.29) is 28.5 Å². The molecule has 1 aliphatic rings. The van der Waals surface area contributed by atoms with Crippen LogP contribution < -0.4 is 14.4 Å².